The van der Waals surface area contributed by atoms with Crippen molar-refractivity contribution < 1.29 is 22.2 Å². The average Bonchev–Trinajstić information content (AvgIpc) is 2.37. The first kappa shape index (κ1) is 20.3. The van der Waals surface area contributed by atoms with E-state index in [2.05, 4.69) is 24.9 Å². The Morgan fingerprint density at radius 3 is 1.78 bits per heavy atom. The van der Waals surface area contributed by atoms with Gasteiger partial charge in [0.15, 0.2) is 0 Å². The Hall–Kier alpha value is -2.70. The Morgan fingerprint density at radius 1 is 1.00 bits per heavy atom. The van der Waals surface area contributed by atoms with E-state index in [1.54, 1.807) is 0 Å². The molecule has 0 fully saturated rings. The van der Waals surface area contributed by atoms with Crippen molar-refractivity contribution in [2.45, 2.75) is 26.2 Å². The first-order chi connectivity index (χ1) is 10.6. The average molecular weight is 349 g/mol. The van der Waals surface area contributed by atoms with E-state index >= 15 is 0 Å². The molecule has 0 aliphatic rings. The number of nitrogens with zero attached hydrogens (tertiary/aromatic N) is 3. The Labute approximate surface area is 132 Å². The maximum absolute atomic E-state index is 11.0. The van der Waals surface area contributed by atoms with Crippen molar-refractivity contribution >= 4 is 39.8 Å². The van der Waals surface area contributed by atoms with Crippen LogP contribution in [0.1, 0.15) is 26.2 Å². The molecule has 1 heterocycles. The highest BCUT2D eigenvalue weighted by Gasteiger charge is 2.20. The SMILES string of the molecule is CCCCCS(=O)(=O)OC(=O)C(N)=O.Nc1nc(N)nc(N)n1. The predicted octanol–water partition coefficient (Wildman–Crippen LogP) is -1.85. The molecule has 0 radical (unpaired) electrons. The Balaban J connectivity index is 0.000000459. The maximum Gasteiger partial charge on any atom is 0.412 e. The van der Waals surface area contributed by atoms with Gasteiger partial charge < -0.3 is 27.1 Å². The molecule has 1 rings (SSSR count). The number of primary amides is 1. The molecule has 0 unspecified atom stereocenters. The molecule has 0 atom stereocenters. The number of nitrogen functional groups attached to an aromatic ring is 3. The van der Waals surface area contributed by atoms with Crippen molar-refractivity contribution in [3.05, 3.63) is 0 Å². The summed E-state index contributed by atoms with van der Waals surface area (Å²) in [5, 5.41) is 0. The monoisotopic (exact) mass is 349 g/mol. The molecule has 0 aliphatic heterocycles. The largest absolute Gasteiger partial charge is 0.412 e. The number of hydrogen-bond donors (Lipinski definition) is 4. The van der Waals surface area contributed by atoms with Crippen LogP contribution in [0.5, 0.6) is 0 Å². The van der Waals surface area contributed by atoms with Crippen molar-refractivity contribution in [2.24, 2.45) is 5.73 Å². The molecule has 12 nitrogen and oxygen atoms in total. The number of hydrogen-bond acceptors (Lipinski definition) is 11. The fourth-order valence-corrected chi connectivity index (χ4v) is 2.11. The van der Waals surface area contributed by atoms with Gasteiger partial charge in [0.25, 0.3) is 0 Å². The zero-order valence-electron chi connectivity index (χ0n) is 12.4. The highest BCUT2D eigenvalue weighted by Crippen LogP contribution is 2.01. The van der Waals surface area contributed by atoms with Crippen LogP contribution in [0.25, 0.3) is 0 Å². The fraction of sp³-hybridized carbons (Fsp3) is 0.500. The second-order valence-electron chi connectivity index (χ2n) is 4.11. The Kier molecular flexibility index (Phi) is 8.25. The summed E-state index contributed by atoms with van der Waals surface area (Å²) in [6, 6.07) is 0. The lowest BCUT2D eigenvalue weighted by Crippen LogP contribution is -2.28. The lowest BCUT2D eigenvalue weighted by Gasteiger charge is -2.02. The fourth-order valence-electron chi connectivity index (χ4n) is 1.15. The lowest BCUT2D eigenvalue weighted by molar-refractivity contribution is -0.146. The number of carbonyl (C=O) groups is 2. The topological polar surface area (TPSA) is 220 Å². The summed E-state index contributed by atoms with van der Waals surface area (Å²) < 4.78 is 25.8. The number of aromatic nitrogens is 3. The highest BCUT2D eigenvalue weighted by molar-refractivity contribution is 7.87. The summed E-state index contributed by atoms with van der Waals surface area (Å²) >= 11 is 0. The summed E-state index contributed by atoms with van der Waals surface area (Å²) in [5.41, 5.74) is 19.9. The number of nitrogens with two attached hydrogens (primary N) is 4. The van der Waals surface area contributed by atoms with E-state index in [-0.39, 0.29) is 23.6 Å². The number of amides is 1. The summed E-state index contributed by atoms with van der Waals surface area (Å²) in [4.78, 5) is 31.2. The smallest absolute Gasteiger partial charge is 0.368 e. The molecule has 8 N–H and O–H groups in total. The Bertz CT molecular complexity index is 599. The van der Waals surface area contributed by atoms with Crippen LogP contribution >= 0.6 is 0 Å². The van der Waals surface area contributed by atoms with Gasteiger partial charge in [-0.15, -0.1) is 0 Å². The van der Waals surface area contributed by atoms with E-state index in [4.69, 9.17) is 17.2 Å². The van der Waals surface area contributed by atoms with Crippen LogP contribution in [0, 0.1) is 0 Å². The molecule has 23 heavy (non-hydrogen) atoms. The van der Waals surface area contributed by atoms with Crippen LogP contribution in [0.2, 0.25) is 0 Å². The van der Waals surface area contributed by atoms with Crippen molar-refractivity contribution in [3.63, 3.8) is 0 Å². The highest BCUT2D eigenvalue weighted by atomic mass is 32.2. The third-order valence-electron chi connectivity index (χ3n) is 2.09. The van der Waals surface area contributed by atoms with Crippen LogP contribution in [0.15, 0.2) is 0 Å². The summed E-state index contributed by atoms with van der Waals surface area (Å²) in [6.07, 6.45) is 1.96. The van der Waals surface area contributed by atoms with Gasteiger partial charge in [-0.2, -0.15) is 23.4 Å². The molecule has 0 aromatic carbocycles. The molecule has 1 aromatic heterocycles. The van der Waals surface area contributed by atoms with E-state index in [1.807, 2.05) is 6.92 Å². The minimum atomic E-state index is -3.95. The van der Waals surface area contributed by atoms with Crippen molar-refractivity contribution in [1.82, 2.24) is 15.0 Å². The van der Waals surface area contributed by atoms with Gasteiger partial charge in [-0.25, -0.2) is 4.79 Å². The lowest BCUT2D eigenvalue weighted by atomic mass is 10.3. The van der Waals surface area contributed by atoms with E-state index in [0.29, 0.717) is 12.8 Å². The molecule has 0 spiro atoms. The summed E-state index contributed by atoms with van der Waals surface area (Å²) in [6.45, 7) is 1.90. The quantitative estimate of drug-likeness (QED) is 0.262. The van der Waals surface area contributed by atoms with Crippen LogP contribution in [0.4, 0.5) is 17.8 Å². The second-order valence-corrected chi connectivity index (χ2v) is 5.80. The molecule has 0 saturated heterocycles. The van der Waals surface area contributed by atoms with E-state index in [1.165, 1.54) is 0 Å². The number of carbonyl (C=O) groups excluding carboxylic acids is 2. The number of unbranched alkanes of at least 4 members (excludes halogenated alkanes) is 2. The summed E-state index contributed by atoms with van der Waals surface area (Å²) in [7, 11) is -3.95. The van der Waals surface area contributed by atoms with Crippen LogP contribution in [-0.2, 0) is 23.9 Å². The minimum absolute atomic E-state index is 0.0417. The molecule has 0 bridgehead atoms. The third kappa shape index (κ3) is 9.78. The van der Waals surface area contributed by atoms with E-state index in [9.17, 15) is 18.0 Å². The van der Waals surface area contributed by atoms with Gasteiger partial charge >= 0.3 is 22.0 Å². The van der Waals surface area contributed by atoms with Crippen LogP contribution in [-0.4, -0.2) is 41.0 Å². The van der Waals surface area contributed by atoms with Gasteiger partial charge in [0, 0.05) is 0 Å². The number of anilines is 3. The summed E-state index contributed by atoms with van der Waals surface area (Å²) in [5.74, 6) is -3.11. The maximum atomic E-state index is 11.0. The molecular formula is C10H19N7O5S. The van der Waals surface area contributed by atoms with Gasteiger partial charge in [-0.1, -0.05) is 19.8 Å². The number of rotatable bonds is 5. The van der Waals surface area contributed by atoms with E-state index < -0.39 is 22.0 Å². The van der Waals surface area contributed by atoms with Gasteiger partial charge in [0.2, 0.25) is 17.8 Å². The molecule has 130 valence electrons. The van der Waals surface area contributed by atoms with Crippen LogP contribution in [0.3, 0.4) is 0 Å². The predicted molar refractivity (Wildman–Crippen MR) is 81.7 cm³/mol. The van der Waals surface area contributed by atoms with Crippen molar-refractivity contribution in [1.29, 1.82) is 0 Å². The zero-order valence-corrected chi connectivity index (χ0v) is 13.2. The van der Waals surface area contributed by atoms with Gasteiger partial charge in [0.1, 0.15) is 0 Å². The zero-order chi connectivity index (χ0) is 18.0. The van der Waals surface area contributed by atoms with Gasteiger partial charge in [-0.05, 0) is 6.42 Å². The van der Waals surface area contributed by atoms with Crippen molar-refractivity contribution in [3.8, 4) is 0 Å². The van der Waals surface area contributed by atoms with Crippen LogP contribution < -0.4 is 22.9 Å². The van der Waals surface area contributed by atoms with Crippen molar-refractivity contribution in [2.75, 3.05) is 23.0 Å². The normalized spacial score (nSPS) is 10.3. The van der Waals surface area contributed by atoms with Gasteiger partial charge in [-0.3, -0.25) is 4.79 Å². The molecule has 13 heteroatoms. The van der Waals surface area contributed by atoms with E-state index in [0.717, 1.165) is 6.42 Å². The standard InChI is InChI=1S/C7H13NO5S.C3H6N6/c1-2-3-4-5-14(11,12)13-7(10)6(8)9;4-1-7-2(5)9-3(6)8-1/h2-5H2,1H3,(H2,8,9);(H6,4,5,6,7,8,9). The Morgan fingerprint density at radius 2 is 1.43 bits per heavy atom. The molecule has 0 aliphatic carbocycles. The third-order valence-corrected chi connectivity index (χ3v) is 3.28. The molecular weight excluding hydrogens is 330 g/mol. The first-order valence-corrected chi connectivity index (χ1v) is 7.93. The molecule has 1 aromatic rings. The second kappa shape index (κ2) is 9.34. The minimum Gasteiger partial charge on any atom is -0.368 e. The molecule has 1 amide bonds. The van der Waals surface area contributed by atoms with Gasteiger partial charge in [0.05, 0.1) is 5.75 Å². The first-order valence-electron chi connectivity index (χ1n) is 6.35. The molecule has 0 saturated carbocycles.